The molecular formula is C25H19ClF3NO4. The van der Waals surface area contributed by atoms with Crippen molar-refractivity contribution in [3.05, 3.63) is 101 Å². The largest absolute Gasteiger partial charge is 0.449 e. The summed E-state index contributed by atoms with van der Waals surface area (Å²) in [5.41, 5.74) is -0.223. The lowest BCUT2D eigenvalue weighted by Gasteiger charge is -2.17. The lowest BCUT2D eigenvalue weighted by atomic mass is 10.00. The Hall–Kier alpha value is -3.65. The average molecular weight is 490 g/mol. The Balaban J connectivity index is 1.65. The Kier molecular flexibility index (Phi) is 8.07. The van der Waals surface area contributed by atoms with Crippen LogP contribution in [0.25, 0.3) is 0 Å². The summed E-state index contributed by atoms with van der Waals surface area (Å²) in [6.45, 7) is 0. The smallest absolute Gasteiger partial charge is 0.416 e. The topological polar surface area (TPSA) is 72.5 Å². The highest BCUT2D eigenvalue weighted by Gasteiger charge is 2.30. The van der Waals surface area contributed by atoms with Crippen molar-refractivity contribution in [3.8, 4) is 0 Å². The van der Waals surface area contributed by atoms with Gasteiger partial charge in [-0.15, -0.1) is 0 Å². The summed E-state index contributed by atoms with van der Waals surface area (Å²) in [5.74, 6) is -1.94. The quantitative estimate of drug-likeness (QED) is 0.300. The van der Waals surface area contributed by atoms with Gasteiger partial charge in [-0.25, -0.2) is 0 Å². The minimum atomic E-state index is -4.55. The second kappa shape index (κ2) is 11.0. The second-order valence-electron chi connectivity index (χ2n) is 7.28. The summed E-state index contributed by atoms with van der Waals surface area (Å²) in [7, 11) is 0. The first-order valence-electron chi connectivity index (χ1n) is 10.1. The number of esters is 1. The van der Waals surface area contributed by atoms with Crippen LogP contribution in [0.5, 0.6) is 0 Å². The molecule has 1 amide bonds. The van der Waals surface area contributed by atoms with Crippen LogP contribution in [0.4, 0.5) is 18.9 Å². The highest BCUT2D eigenvalue weighted by Crippen LogP contribution is 2.30. The minimum Gasteiger partial charge on any atom is -0.449 e. The number of halogens is 4. The molecule has 0 aliphatic heterocycles. The Morgan fingerprint density at radius 1 is 0.882 bits per heavy atom. The fourth-order valence-corrected chi connectivity index (χ4v) is 3.19. The van der Waals surface area contributed by atoms with Gasteiger partial charge in [0.1, 0.15) is 0 Å². The molecule has 176 valence electrons. The predicted octanol–water partition coefficient (Wildman–Crippen LogP) is 6.24. The van der Waals surface area contributed by atoms with Gasteiger partial charge < -0.3 is 10.1 Å². The van der Waals surface area contributed by atoms with E-state index in [2.05, 4.69) is 5.32 Å². The normalized spacial score (nSPS) is 12.0. The molecule has 0 fully saturated rings. The molecule has 3 rings (SSSR count). The zero-order valence-electron chi connectivity index (χ0n) is 17.6. The van der Waals surface area contributed by atoms with Crippen LogP contribution in [-0.4, -0.2) is 17.7 Å². The SMILES string of the molecule is O=C(CCC(=O)O[C@H](C(=O)c1ccccc1)c1ccc(Cl)cc1)Nc1cccc(C(F)(F)F)c1. The Bertz CT molecular complexity index is 1160. The van der Waals surface area contributed by atoms with E-state index in [0.29, 0.717) is 16.1 Å². The fraction of sp³-hybridized carbons (Fsp3) is 0.160. The van der Waals surface area contributed by atoms with Crippen molar-refractivity contribution in [2.45, 2.75) is 25.1 Å². The van der Waals surface area contributed by atoms with Crippen LogP contribution in [-0.2, 0) is 20.5 Å². The average Bonchev–Trinajstić information content (AvgIpc) is 2.82. The van der Waals surface area contributed by atoms with Gasteiger partial charge in [-0.05, 0) is 30.3 Å². The molecule has 0 saturated carbocycles. The zero-order chi connectivity index (χ0) is 24.7. The van der Waals surface area contributed by atoms with Crippen LogP contribution in [0.1, 0.15) is 40.4 Å². The van der Waals surface area contributed by atoms with E-state index in [1.165, 1.54) is 12.1 Å². The third-order valence-electron chi connectivity index (χ3n) is 4.75. The predicted molar refractivity (Wildman–Crippen MR) is 120 cm³/mol. The van der Waals surface area contributed by atoms with Gasteiger partial charge in [-0.1, -0.05) is 60.1 Å². The monoisotopic (exact) mass is 489 g/mol. The Morgan fingerprint density at radius 3 is 2.21 bits per heavy atom. The van der Waals surface area contributed by atoms with Gasteiger partial charge >= 0.3 is 12.1 Å². The van der Waals surface area contributed by atoms with E-state index in [0.717, 1.165) is 12.1 Å². The number of alkyl halides is 3. The Labute approximate surface area is 198 Å². The molecule has 0 aromatic heterocycles. The van der Waals surface area contributed by atoms with Gasteiger partial charge in [0.2, 0.25) is 11.7 Å². The number of rotatable bonds is 8. The molecule has 34 heavy (non-hydrogen) atoms. The summed E-state index contributed by atoms with van der Waals surface area (Å²) < 4.78 is 43.9. The van der Waals surface area contributed by atoms with Crippen LogP contribution >= 0.6 is 11.6 Å². The number of anilines is 1. The summed E-state index contributed by atoms with van der Waals surface area (Å²) in [4.78, 5) is 37.6. The number of benzene rings is 3. The first-order chi connectivity index (χ1) is 16.1. The summed E-state index contributed by atoms with van der Waals surface area (Å²) in [6.07, 6.45) is -6.52. The molecule has 0 bridgehead atoms. The lowest BCUT2D eigenvalue weighted by molar-refractivity contribution is -0.148. The number of hydrogen-bond donors (Lipinski definition) is 1. The molecule has 9 heteroatoms. The van der Waals surface area contributed by atoms with Crippen molar-refractivity contribution in [1.29, 1.82) is 0 Å². The maximum absolute atomic E-state index is 13.0. The Morgan fingerprint density at radius 2 is 1.56 bits per heavy atom. The molecule has 0 radical (unpaired) electrons. The number of carbonyl (C=O) groups excluding carboxylic acids is 3. The van der Waals surface area contributed by atoms with Crippen molar-refractivity contribution < 1.29 is 32.3 Å². The number of hydrogen-bond acceptors (Lipinski definition) is 4. The van der Waals surface area contributed by atoms with Gasteiger partial charge in [-0.3, -0.25) is 14.4 Å². The highest BCUT2D eigenvalue weighted by atomic mass is 35.5. The van der Waals surface area contributed by atoms with Crippen molar-refractivity contribution in [2.24, 2.45) is 0 Å². The molecule has 0 saturated heterocycles. The van der Waals surface area contributed by atoms with E-state index in [4.69, 9.17) is 16.3 Å². The third-order valence-corrected chi connectivity index (χ3v) is 5.00. The van der Waals surface area contributed by atoms with E-state index in [1.807, 2.05) is 0 Å². The molecule has 3 aromatic carbocycles. The third kappa shape index (κ3) is 6.92. The molecule has 0 spiro atoms. The molecule has 0 aliphatic carbocycles. The van der Waals surface area contributed by atoms with Crippen LogP contribution in [0.3, 0.4) is 0 Å². The van der Waals surface area contributed by atoms with Crippen molar-refractivity contribution in [1.82, 2.24) is 0 Å². The number of ketones is 1. The van der Waals surface area contributed by atoms with Gasteiger partial charge in [-0.2, -0.15) is 13.2 Å². The second-order valence-corrected chi connectivity index (χ2v) is 7.71. The van der Waals surface area contributed by atoms with Crippen molar-refractivity contribution in [3.63, 3.8) is 0 Å². The van der Waals surface area contributed by atoms with Crippen LogP contribution in [0.2, 0.25) is 5.02 Å². The molecule has 1 atom stereocenters. The molecule has 3 aromatic rings. The van der Waals surface area contributed by atoms with E-state index in [1.54, 1.807) is 54.6 Å². The van der Waals surface area contributed by atoms with Crippen LogP contribution in [0, 0.1) is 0 Å². The van der Waals surface area contributed by atoms with E-state index in [-0.39, 0.29) is 18.5 Å². The maximum Gasteiger partial charge on any atom is 0.416 e. The molecular weight excluding hydrogens is 471 g/mol. The van der Waals surface area contributed by atoms with Gasteiger partial charge in [0, 0.05) is 28.3 Å². The maximum atomic E-state index is 13.0. The van der Waals surface area contributed by atoms with Gasteiger partial charge in [0.05, 0.1) is 12.0 Å². The molecule has 0 unspecified atom stereocenters. The molecule has 0 aliphatic rings. The zero-order valence-corrected chi connectivity index (χ0v) is 18.4. The minimum absolute atomic E-state index is 0.0495. The lowest BCUT2D eigenvalue weighted by Crippen LogP contribution is -2.21. The molecule has 0 heterocycles. The standard InChI is InChI=1S/C25H19ClF3NO4/c26-19-11-9-17(10-12-19)24(23(33)16-5-2-1-3-6-16)34-22(32)14-13-21(31)30-20-8-4-7-18(15-20)25(27,28)29/h1-12,15,24H,13-14H2,(H,30,31)/t24-/m0/s1. The summed E-state index contributed by atoms with van der Waals surface area (Å²) in [5, 5.41) is 2.76. The molecule has 1 N–H and O–H groups in total. The number of nitrogens with one attached hydrogen (secondary N) is 1. The number of Topliss-reactive ketones (excluding diaryl/α,β-unsaturated/α-hetero) is 1. The van der Waals surface area contributed by atoms with Crippen molar-refractivity contribution >= 4 is 34.9 Å². The number of ether oxygens (including phenoxy) is 1. The van der Waals surface area contributed by atoms with E-state index < -0.39 is 35.5 Å². The fourth-order valence-electron chi connectivity index (χ4n) is 3.07. The van der Waals surface area contributed by atoms with E-state index >= 15 is 0 Å². The summed E-state index contributed by atoms with van der Waals surface area (Å²) >= 11 is 5.90. The van der Waals surface area contributed by atoms with Crippen molar-refractivity contribution in [2.75, 3.05) is 5.32 Å². The molecule has 5 nitrogen and oxygen atoms in total. The number of amides is 1. The van der Waals surface area contributed by atoms with Crippen LogP contribution in [0.15, 0.2) is 78.9 Å². The van der Waals surface area contributed by atoms with Crippen LogP contribution < -0.4 is 5.32 Å². The first kappa shape index (κ1) is 25.0. The number of carbonyl (C=O) groups is 3. The van der Waals surface area contributed by atoms with E-state index in [9.17, 15) is 27.6 Å². The summed E-state index contributed by atoms with van der Waals surface area (Å²) in [6, 6.07) is 18.6. The van der Waals surface area contributed by atoms with Gasteiger partial charge in [0.25, 0.3) is 0 Å². The highest BCUT2D eigenvalue weighted by molar-refractivity contribution is 6.30. The first-order valence-corrected chi connectivity index (χ1v) is 10.5. The van der Waals surface area contributed by atoms with Gasteiger partial charge in [0.15, 0.2) is 6.10 Å².